The highest BCUT2D eigenvalue weighted by Gasteiger charge is 2.56. The molecule has 2 aromatic carbocycles. The van der Waals surface area contributed by atoms with Gasteiger partial charge in [0, 0.05) is 45.7 Å². The number of rotatable bonds is 5. The van der Waals surface area contributed by atoms with Gasteiger partial charge in [-0.25, -0.2) is 10.2 Å². The Balaban J connectivity index is 1.28. The summed E-state index contributed by atoms with van der Waals surface area (Å²) in [5, 5.41) is 0. The van der Waals surface area contributed by atoms with Gasteiger partial charge in [-0.1, -0.05) is 60.7 Å². The average molecular weight is 434 g/mol. The van der Waals surface area contributed by atoms with Crippen LogP contribution in [0.4, 0.5) is 4.79 Å². The number of hydrogen-bond acceptors (Lipinski definition) is 5. The van der Waals surface area contributed by atoms with Gasteiger partial charge >= 0.3 is 6.03 Å². The first-order valence-electron chi connectivity index (χ1n) is 11.5. The predicted molar refractivity (Wildman–Crippen MR) is 122 cm³/mol. The summed E-state index contributed by atoms with van der Waals surface area (Å²) < 4.78 is 0. The molecule has 3 aliphatic rings. The lowest BCUT2D eigenvalue weighted by molar-refractivity contribution is -0.135. The van der Waals surface area contributed by atoms with Gasteiger partial charge in [0.25, 0.3) is 5.91 Å². The summed E-state index contributed by atoms with van der Waals surface area (Å²) in [5.74, 6) is 0.403. The van der Waals surface area contributed by atoms with E-state index in [1.807, 2.05) is 41.3 Å². The summed E-state index contributed by atoms with van der Waals surface area (Å²) in [5.41, 5.74) is 8.38. The monoisotopic (exact) mass is 433 g/mol. The summed E-state index contributed by atoms with van der Waals surface area (Å²) in [7, 11) is 1.62. The first-order valence-corrected chi connectivity index (χ1v) is 11.5. The number of hydrazine groups is 1. The highest BCUT2D eigenvalue weighted by molar-refractivity contribution is 6.06. The quantitative estimate of drug-likeness (QED) is 0.709. The van der Waals surface area contributed by atoms with Crippen molar-refractivity contribution in [3.05, 3.63) is 71.8 Å². The van der Waals surface area contributed by atoms with Gasteiger partial charge in [0.2, 0.25) is 0 Å². The number of benzene rings is 2. The van der Waals surface area contributed by atoms with Crippen molar-refractivity contribution in [1.82, 2.24) is 25.6 Å². The van der Waals surface area contributed by atoms with Gasteiger partial charge in [-0.2, -0.15) is 0 Å². The second kappa shape index (κ2) is 8.65. The molecule has 0 saturated carbocycles. The number of piperidine rings is 1. The fraction of sp³-hybridized carbons (Fsp3) is 0.440. The Morgan fingerprint density at radius 3 is 2.31 bits per heavy atom. The highest BCUT2D eigenvalue weighted by atomic mass is 16.2. The van der Waals surface area contributed by atoms with Crippen molar-refractivity contribution in [1.29, 1.82) is 0 Å². The van der Waals surface area contributed by atoms with E-state index in [4.69, 9.17) is 0 Å². The van der Waals surface area contributed by atoms with E-state index < -0.39 is 5.54 Å². The fourth-order valence-electron chi connectivity index (χ4n) is 5.51. The first kappa shape index (κ1) is 21.1. The minimum Gasteiger partial charge on any atom is -0.305 e. The SMILES string of the molecule is CN1C(=O)N(Cc2ccccc2)C2(CCN(CC3CNNC3c3ccccc3)CC2)C1=O. The Kier molecular flexibility index (Phi) is 5.71. The van der Waals surface area contributed by atoms with Crippen LogP contribution in [0.15, 0.2) is 60.7 Å². The molecule has 0 radical (unpaired) electrons. The molecule has 0 aromatic heterocycles. The van der Waals surface area contributed by atoms with Crippen LogP contribution >= 0.6 is 0 Å². The zero-order valence-corrected chi connectivity index (χ0v) is 18.5. The molecule has 3 saturated heterocycles. The molecule has 2 aromatic rings. The molecule has 3 amide bonds. The van der Waals surface area contributed by atoms with Crippen LogP contribution in [0.1, 0.15) is 30.0 Å². The normalized spacial score (nSPS) is 25.8. The second-order valence-electron chi connectivity index (χ2n) is 9.22. The van der Waals surface area contributed by atoms with Gasteiger partial charge in [0.1, 0.15) is 5.54 Å². The standard InChI is InChI=1S/C25H31N5O2/c1-28-23(31)25(30(24(28)32)17-19-8-4-2-5-9-19)12-14-29(15-13-25)18-21-16-26-27-22(21)20-10-6-3-7-11-20/h2-11,21-22,26-27H,12-18H2,1H3. The number of likely N-dealkylation sites (N-methyl/N-ethyl adjacent to an activating group) is 1. The van der Waals surface area contributed by atoms with Crippen LogP contribution in [-0.4, -0.2) is 65.4 Å². The van der Waals surface area contributed by atoms with E-state index in [0.29, 0.717) is 25.3 Å². The van der Waals surface area contributed by atoms with Crippen molar-refractivity contribution in [2.24, 2.45) is 5.92 Å². The van der Waals surface area contributed by atoms with E-state index in [0.717, 1.165) is 31.7 Å². The van der Waals surface area contributed by atoms with Gasteiger partial charge in [0.05, 0.1) is 6.04 Å². The van der Waals surface area contributed by atoms with Gasteiger partial charge in [-0.15, -0.1) is 0 Å². The van der Waals surface area contributed by atoms with E-state index >= 15 is 0 Å². The van der Waals surface area contributed by atoms with E-state index in [-0.39, 0.29) is 18.0 Å². The molecule has 2 atom stereocenters. The number of carbonyl (C=O) groups is 2. The molecular weight excluding hydrogens is 402 g/mol. The van der Waals surface area contributed by atoms with Crippen molar-refractivity contribution in [3.63, 3.8) is 0 Å². The maximum absolute atomic E-state index is 13.2. The first-order chi connectivity index (χ1) is 15.6. The van der Waals surface area contributed by atoms with Gasteiger partial charge in [-0.05, 0) is 24.0 Å². The Hall–Kier alpha value is -2.74. The second-order valence-corrected chi connectivity index (χ2v) is 9.22. The number of nitrogens with one attached hydrogen (secondary N) is 2. The number of likely N-dealkylation sites (tertiary alicyclic amines) is 1. The van der Waals surface area contributed by atoms with Crippen LogP contribution in [0.25, 0.3) is 0 Å². The number of nitrogens with zero attached hydrogens (tertiary/aromatic N) is 3. The van der Waals surface area contributed by atoms with Gasteiger partial charge < -0.3 is 9.80 Å². The minimum atomic E-state index is -0.719. The van der Waals surface area contributed by atoms with Crippen LogP contribution < -0.4 is 10.9 Å². The van der Waals surface area contributed by atoms with Crippen molar-refractivity contribution in [3.8, 4) is 0 Å². The lowest BCUT2D eigenvalue weighted by Gasteiger charge is -2.43. The van der Waals surface area contributed by atoms with E-state index in [2.05, 4.69) is 40.0 Å². The van der Waals surface area contributed by atoms with Crippen molar-refractivity contribution in [2.45, 2.75) is 31.0 Å². The van der Waals surface area contributed by atoms with Gasteiger partial charge in [-0.3, -0.25) is 15.1 Å². The predicted octanol–water partition coefficient (Wildman–Crippen LogP) is 2.38. The zero-order chi connectivity index (χ0) is 22.1. The van der Waals surface area contributed by atoms with Crippen molar-refractivity contribution in [2.75, 3.05) is 33.2 Å². The van der Waals surface area contributed by atoms with E-state index in [9.17, 15) is 9.59 Å². The maximum atomic E-state index is 13.2. The molecule has 3 fully saturated rings. The molecular formula is C25H31N5O2. The van der Waals surface area contributed by atoms with Crippen LogP contribution in [0.5, 0.6) is 0 Å². The molecule has 7 nitrogen and oxygen atoms in total. The summed E-state index contributed by atoms with van der Waals surface area (Å²) in [4.78, 5) is 31.7. The molecule has 32 heavy (non-hydrogen) atoms. The largest absolute Gasteiger partial charge is 0.327 e. The van der Waals surface area contributed by atoms with Crippen LogP contribution in [0, 0.1) is 5.92 Å². The van der Waals surface area contributed by atoms with Gasteiger partial charge in [0.15, 0.2) is 0 Å². The van der Waals surface area contributed by atoms with Crippen LogP contribution in [0.2, 0.25) is 0 Å². The number of urea groups is 1. The number of imide groups is 1. The molecule has 2 N–H and O–H groups in total. The van der Waals surface area contributed by atoms with Crippen molar-refractivity contribution < 1.29 is 9.59 Å². The summed E-state index contributed by atoms with van der Waals surface area (Å²) in [6, 6.07) is 20.6. The lowest BCUT2D eigenvalue weighted by atomic mass is 9.84. The minimum absolute atomic E-state index is 0.0514. The summed E-state index contributed by atoms with van der Waals surface area (Å²) in [6.07, 6.45) is 1.36. The molecule has 2 unspecified atom stereocenters. The number of amides is 3. The molecule has 168 valence electrons. The molecule has 0 aliphatic carbocycles. The average Bonchev–Trinajstić information content (AvgIpc) is 3.36. The van der Waals surface area contributed by atoms with Crippen molar-refractivity contribution >= 4 is 11.9 Å². The highest BCUT2D eigenvalue weighted by Crippen LogP contribution is 2.38. The van der Waals surface area contributed by atoms with E-state index in [1.165, 1.54) is 10.5 Å². The molecule has 0 bridgehead atoms. The fourth-order valence-corrected chi connectivity index (χ4v) is 5.51. The Morgan fingerprint density at radius 1 is 0.969 bits per heavy atom. The summed E-state index contributed by atoms with van der Waals surface area (Å²) >= 11 is 0. The smallest absolute Gasteiger partial charge is 0.305 e. The molecule has 3 heterocycles. The summed E-state index contributed by atoms with van der Waals surface area (Å²) in [6.45, 7) is 3.99. The van der Waals surface area contributed by atoms with E-state index in [1.54, 1.807) is 7.05 Å². The third kappa shape index (κ3) is 3.70. The topological polar surface area (TPSA) is 67.9 Å². The molecule has 5 rings (SSSR count). The Morgan fingerprint density at radius 2 is 1.62 bits per heavy atom. The molecule has 7 heteroatoms. The van der Waals surface area contributed by atoms with Crippen LogP contribution in [-0.2, 0) is 11.3 Å². The number of carbonyl (C=O) groups excluding carboxylic acids is 2. The third-order valence-corrected chi connectivity index (χ3v) is 7.35. The Labute approximate surface area is 189 Å². The maximum Gasteiger partial charge on any atom is 0.327 e. The third-order valence-electron chi connectivity index (χ3n) is 7.35. The lowest BCUT2D eigenvalue weighted by Crippen LogP contribution is -2.56. The zero-order valence-electron chi connectivity index (χ0n) is 18.5. The Bertz CT molecular complexity index is 959. The molecule has 3 aliphatic heterocycles. The number of hydrogen-bond donors (Lipinski definition) is 2. The van der Waals surface area contributed by atoms with Crippen LogP contribution in [0.3, 0.4) is 0 Å². The molecule has 1 spiro atoms.